The zero-order valence-corrected chi connectivity index (χ0v) is 10.4. The molecule has 2 aromatic carbocycles. The molecule has 92 valence electrons. The molecule has 0 radical (unpaired) electrons. The Morgan fingerprint density at radius 2 is 1.56 bits per heavy atom. The molecule has 0 spiro atoms. The second-order valence-corrected chi connectivity index (χ2v) is 5.04. The third-order valence-electron chi connectivity index (χ3n) is 4.01. The van der Waals surface area contributed by atoms with E-state index in [-0.39, 0.29) is 6.61 Å². The van der Waals surface area contributed by atoms with E-state index >= 15 is 0 Å². The second kappa shape index (κ2) is 4.95. The zero-order valence-electron chi connectivity index (χ0n) is 10.4. The highest BCUT2D eigenvalue weighted by molar-refractivity contribution is 5.44. The Labute approximate surface area is 108 Å². The molecule has 0 fully saturated rings. The number of benzene rings is 2. The van der Waals surface area contributed by atoms with Crippen molar-refractivity contribution in [2.24, 2.45) is 0 Å². The van der Waals surface area contributed by atoms with Gasteiger partial charge in [-0.3, -0.25) is 0 Å². The average Bonchev–Trinajstić information content (AvgIpc) is 2.80. The molecule has 2 aromatic rings. The van der Waals surface area contributed by atoms with Crippen LogP contribution in [-0.2, 0) is 0 Å². The number of fused-ring (bicyclic) bond motifs is 1. The van der Waals surface area contributed by atoms with Crippen LogP contribution in [0.15, 0.2) is 54.6 Å². The van der Waals surface area contributed by atoms with Crippen LogP contribution < -0.4 is 0 Å². The lowest BCUT2D eigenvalue weighted by molar-refractivity contribution is 0.274. The van der Waals surface area contributed by atoms with Crippen molar-refractivity contribution in [3.05, 3.63) is 71.3 Å². The van der Waals surface area contributed by atoms with Gasteiger partial charge in [-0.15, -0.1) is 0 Å². The van der Waals surface area contributed by atoms with Gasteiger partial charge in [-0.1, -0.05) is 54.6 Å². The van der Waals surface area contributed by atoms with Crippen molar-refractivity contribution in [3.8, 4) is 0 Å². The lowest BCUT2D eigenvalue weighted by Crippen LogP contribution is -1.98. The number of aliphatic hydroxyl groups is 1. The SMILES string of the molecule is OCCC1CC(c2ccccc2)c2ccccc21. The third-order valence-corrected chi connectivity index (χ3v) is 4.01. The van der Waals surface area contributed by atoms with Crippen LogP contribution in [0.5, 0.6) is 0 Å². The molecule has 1 aliphatic carbocycles. The zero-order chi connectivity index (χ0) is 12.4. The summed E-state index contributed by atoms with van der Waals surface area (Å²) in [6.45, 7) is 0.278. The van der Waals surface area contributed by atoms with Crippen molar-refractivity contribution in [2.45, 2.75) is 24.7 Å². The van der Waals surface area contributed by atoms with Crippen LogP contribution in [0.1, 0.15) is 41.4 Å². The van der Waals surface area contributed by atoms with Gasteiger partial charge in [0, 0.05) is 12.5 Å². The molecule has 18 heavy (non-hydrogen) atoms. The molecule has 0 saturated heterocycles. The lowest BCUT2D eigenvalue weighted by Gasteiger charge is -2.12. The van der Waals surface area contributed by atoms with Gasteiger partial charge in [0.25, 0.3) is 0 Å². The summed E-state index contributed by atoms with van der Waals surface area (Å²) in [6.07, 6.45) is 2.00. The van der Waals surface area contributed by atoms with Crippen LogP contribution in [0.3, 0.4) is 0 Å². The Bertz CT molecular complexity index is 518. The van der Waals surface area contributed by atoms with Gasteiger partial charge in [0.1, 0.15) is 0 Å². The topological polar surface area (TPSA) is 20.2 Å². The predicted molar refractivity (Wildman–Crippen MR) is 73.8 cm³/mol. The standard InChI is InChI=1S/C17H18O/c18-11-10-14-12-17(13-6-2-1-3-7-13)16-9-5-4-8-15(14)16/h1-9,14,17-18H,10-12H2. The van der Waals surface area contributed by atoms with Crippen LogP contribution in [-0.4, -0.2) is 11.7 Å². The van der Waals surface area contributed by atoms with Gasteiger partial charge < -0.3 is 5.11 Å². The van der Waals surface area contributed by atoms with E-state index in [1.165, 1.54) is 16.7 Å². The summed E-state index contributed by atoms with van der Waals surface area (Å²) in [5, 5.41) is 9.21. The van der Waals surface area contributed by atoms with Crippen molar-refractivity contribution in [1.82, 2.24) is 0 Å². The second-order valence-electron chi connectivity index (χ2n) is 5.04. The van der Waals surface area contributed by atoms with Crippen molar-refractivity contribution in [1.29, 1.82) is 0 Å². The molecule has 0 aliphatic heterocycles. The summed E-state index contributed by atoms with van der Waals surface area (Å²) in [6, 6.07) is 19.4. The molecule has 3 rings (SSSR count). The van der Waals surface area contributed by atoms with E-state index in [1.54, 1.807) is 0 Å². The van der Waals surface area contributed by atoms with E-state index in [2.05, 4.69) is 54.6 Å². The van der Waals surface area contributed by atoms with Gasteiger partial charge in [0.2, 0.25) is 0 Å². The fraction of sp³-hybridized carbons (Fsp3) is 0.294. The molecule has 1 N–H and O–H groups in total. The van der Waals surface area contributed by atoms with E-state index in [4.69, 9.17) is 0 Å². The van der Waals surface area contributed by atoms with Gasteiger partial charge in [0.05, 0.1) is 0 Å². The maximum Gasteiger partial charge on any atom is 0.0436 e. The van der Waals surface area contributed by atoms with E-state index in [0.717, 1.165) is 12.8 Å². The Morgan fingerprint density at radius 3 is 2.28 bits per heavy atom. The van der Waals surface area contributed by atoms with E-state index in [9.17, 15) is 5.11 Å². The molecule has 0 saturated carbocycles. The summed E-state index contributed by atoms with van der Waals surface area (Å²) in [4.78, 5) is 0. The lowest BCUT2D eigenvalue weighted by atomic mass is 9.92. The average molecular weight is 238 g/mol. The molecule has 1 heteroatoms. The normalized spacial score (nSPS) is 21.8. The van der Waals surface area contributed by atoms with Crippen LogP contribution in [0.4, 0.5) is 0 Å². The number of rotatable bonds is 3. The summed E-state index contributed by atoms with van der Waals surface area (Å²) in [5.41, 5.74) is 4.27. The first-order chi connectivity index (χ1) is 8.90. The van der Waals surface area contributed by atoms with Gasteiger partial charge >= 0.3 is 0 Å². The van der Waals surface area contributed by atoms with Gasteiger partial charge in [0.15, 0.2) is 0 Å². The summed E-state index contributed by atoms with van der Waals surface area (Å²) in [7, 11) is 0. The summed E-state index contributed by atoms with van der Waals surface area (Å²) < 4.78 is 0. The molecule has 1 nitrogen and oxygen atoms in total. The fourth-order valence-corrected chi connectivity index (χ4v) is 3.17. The molecule has 1 aliphatic rings. The highest BCUT2D eigenvalue weighted by Gasteiger charge is 2.30. The Balaban J connectivity index is 1.99. The molecular weight excluding hydrogens is 220 g/mol. The van der Waals surface area contributed by atoms with Crippen LogP contribution >= 0.6 is 0 Å². The number of aliphatic hydroxyl groups excluding tert-OH is 1. The minimum absolute atomic E-state index is 0.278. The van der Waals surface area contributed by atoms with E-state index in [0.29, 0.717) is 11.8 Å². The third kappa shape index (κ3) is 1.95. The van der Waals surface area contributed by atoms with E-state index in [1.807, 2.05) is 0 Å². The molecule has 0 aromatic heterocycles. The molecular formula is C17H18O. The molecule has 0 bridgehead atoms. The first kappa shape index (κ1) is 11.5. The highest BCUT2D eigenvalue weighted by Crippen LogP contribution is 2.46. The molecule has 2 unspecified atom stereocenters. The maximum absolute atomic E-state index is 9.21. The van der Waals surface area contributed by atoms with E-state index < -0.39 is 0 Å². The van der Waals surface area contributed by atoms with Crippen LogP contribution in [0.2, 0.25) is 0 Å². The Kier molecular flexibility index (Phi) is 3.16. The van der Waals surface area contributed by atoms with Crippen LogP contribution in [0, 0.1) is 0 Å². The Hall–Kier alpha value is -1.60. The summed E-state index contributed by atoms with van der Waals surface area (Å²) in [5.74, 6) is 1.01. The smallest absolute Gasteiger partial charge is 0.0436 e. The minimum Gasteiger partial charge on any atom is -0.396 e. The first-order valence-electron chi connectivity index (χ1n) is 6.65. The van der Waals surface area contributed by atoms with Crippen LogP contribution in [0.25, 0.3) is 0 Å². The van der Waals surface area contributed by atoms with Crippen molar-refractivity contribution >= 4 is 0 Å². The van der Waals surface area contributed by atoms with Gasteiger partial charge in [-0.2, -0.15) is 0 Å². The molecule has 0 heterocycles. The Morgan fingerprint density at radius 1 is 0.889 bits per heavy atom. The van der Waals surface area contributed by atoms with Crippen molar-refractivity contribution in [3.63, 3.8) is 0 Å². The number of hydrogen-bond acceptors (Lipinski definition) is 1. The highest BCUT2D eigenvalue weighted by atomic mass is 16.3. The molecule has 0 amide bonds. The maximum atomic E-state index is 9.21. The molecule has 2 atom stereocenters. The van der Waals surface area contributed by atoms with Gasteiger partial charge in [-0.05, 0) is 35.4 Å². The van der Waals surface area contributed by atoms with Crippen molar-refractivity contribution in [2.75, 3.05) is 6.61 Å². The van der Waals surface area contributed by atoms with Crippen molar-refractivity contribution < 1.29 is 5.11 Å². The first-order valence-corrected chi connectivity index (χ1v) is 6.65. The quantitative estimate of drug-likeness (QED) is 0.864. The van der Waals surface area contributed by atoms with Gasteiger partial charge in [-0.25, -0.2) is 0 Å². The summed E-state index contributed by atoms with van der Waals surface area (Å²) >= 11 is 0. The minimum atomic E-state index is 0.278. The largest absolute Gasteiger partial charge is 0.396 e. The number of hydrogen-bond donors (Lipinski definition) is 1. The fourth-order valence-electron chi connectivity index (χ4n) is 3.17. The predicted octanol–water partition coefficient (Wildman–Crippen LogP) is 3.69. The monoisotopic (exact) mass is 238 g/mol.